The Kier molecular flexibility index (Phi) is 5.86. The molecule has 0 spiro atoms. The summed E-state index contributed by atoms with van der Waals surface area (Å²) in [5.41, 5.74) is 1.51. The van der Waals surface area contributed by atoms with Crippen LogP contribution in [-0.2, 0) is 22.5 Å². The Morgan fingerprint density at radius 3 is 2.62 bits per heavy atom. The van der Waals surface area contributed by atoms with E-state index in [9.17, 15) is 14.4 Å². The van der Waals surface area contributed by atoms with Crippen molar-refractivity contribution in [3.05, 3.63) is 47.2 Å². The Morgan fingerprint density at radius 1 is 1.21 bits per heavy atom. The lowest BCUT2D eigenvalue weighted by Gasteiger charge is -2.30. The zero-order valence-corrected chi connectivity index (χ0v) is 16.7. The van der Waals surface area contributed by atoms with Gasteiger partial charge in [0.1, 0.15) is 5.60 Å². The highest BCUT2D eigenvalue weighted by atomic mass is 16.6. The molecule has 154 valence electrons. The molecule has 3 rings (SSSR count). The summed E-state index contributed by atoms with van der Waals surface area (Å²) in [6.07, 6.45) is 0.180. The molecule has 1 aromatic heterocycles. The van der Waals surface area contributed by atoms with Crippen molar-refractivity contribution in [1.82, 2.24) is 20.4 Å². The number of aromatic amines is 1. The van der Waals surface area contributed by atoms with Gasteiger partial charge in [0.15, 0.2) is 5.82 Å². The highest BCUT2D eigenvalue weighted by molar-refractivity contribution is 5.99. The minimum atomic E-state index is -0.582. The third-order valence-corrected chi connectivity index (χ3v) is 4.29. The van der Waals surface area contributed by atoms with E-state index < -0.39 is 17.6 Å². The number of carbonyl (C=O) groups excluding carboxylic acids is 3. The van der Waals surface area contributed by atoms with Crippen LogP contribution in [-0.4, -0.2) is 51.7 Å². The number of carbonyl (C=O) groups is 3. The van der Waals surface area contributed by atoms with E-state index in [-0.39, 0.29) is 19.0 Å². The van der Waals surface area contributed by atoms with Crippen LogP contribution in [0.25, 0.3) is 0 Å². The van der Waals surface area contributed by atoms with Crippen molar-refractivity contribution in [3.63, 3.8) is 0 Å². The molecular weight excluding hydrogens is 374 g/mol. The summed E-state index contributed by atoms with van der Waals surface area (Å²) < 4.78 is 5.42. The number of benzene rings is 1. The van der Waals surface area contributed by atoms with Gasteiger partial charge in [0.05, 0.1) is 13.1 Å². The summed E-state index contributed by atoms with van der Waals surface area (Å²) in [6, 6.07) is 8.65. The van der Waals surface area contributed by atoms with Gasteiger partial charge >= 0.3 is 6.09 Å². The van der Waals surface area contributed by atoms with Gasteiger partial charge in [0.25, 0.3) is 5.91 Å². The predicted octanol–water partition coefficient (Wildman–Crippen LogP) is 2.07. The molecule has 2 aromatic rings. The number of anilines is 1. The monoisotopic (exact) mass is 399 g/mol. The molecular formula is C20H25N5O4. The maximum absolute atomic E-state index is 12.3. The SMILES string of the molecule is CC(C)(C)OC(=O)N1CCc2[nH]nc(NC(=O)CNC(=O)c3ccccc3)c2C1. The molecule has 29 heavy (non-hydrogen) atoms. The number of H-pyrrole nitrogens is 1. The molecule has 1 aliphatic heterocycles. The van der Waals surface area contributed by atoms with Crippen LogP contribution < -0.4 is 10.6 Å². The van der Waals surface area contributed by atoms with Crippen molar-refractivity contribution in [2.24, 2.45) is 0 Å². The summed E-state index contributed by atoms with van der Waals surface area (Å²) in [7, 11) is 0. The third kappa shape index (κ3) is 5.34. The summed E-state index contributed by atoms with van der Waals surface area (Å²) in [5.74, 6) is -0.383. The summed E-state index contributed by atoms with van der Waals surface area (Å²) in [4.78, 5) is 38.2. The molecule has 9 nitrogen and oxygen atoms in total. The van der Waals surface area contributed by atoms with Crippen molar-refractivity contribution < 1.29 is 19.1 Å². The number of fused-ring (bicyclic) bond motifs is 1. The molecule has 0 atom stereocenters. The fraction of sp³-hybridized carbons (Fsp3) is 0.400. The Labute approximate surface area is 168 Å². The van der Waals surface area contributed by atoms with Crippen molar-refractivity contribution in [3.8, 4) is 0 Å². The number of amides is 3. The van der Waals surface area contributed by atoms with E-state index in [4.69, 9.17) is 4.74 Å². The van der Waals surface area contributed by atoms with Gasteiger partial charge in [-0.25, -0.2) is 4.79 Å². The van der Waals surface area contributed by atoms with Crippen LogP contribution >= 0.6 is 0 Å². The second-order valence-electron chi connectivity index (χ2n) is 7.78. The zero-order valence-electron chi connectivity index (χ0n) is 16.7. The van der Waals surface area contributed by atoms with Crippen LogP contribution in [0.4, 0.5) is 10.6 Å². The molecule has 0 saturated carbocycles. The molecule has 0 bridgehead atoms. The van der Waals surface area contributed by atoms with Crippen molar-refractivity contribution in [2.45, 2.75) is 39.3 Å². The second kappa shape index (κ2) is 8.34. The number of nitrogens with zero attached hydrogens (tertiary/aromatic N) is 2. The van der Waals surface area contributed by atoms with Gasteiger partial charge in [-0.15, -0.1) is 0 Å². The molecule has 0 saturated heterocycles. The number of hydrogen-bond acceptors (Lipinski definition) is 5. The lowest BCUT2D eigenvalue weighted by atomic mass is 10.1. The van der Waals surface area contributed by atoms with Crippen LogP contribution in [0.15, 0.2) is 30.3 Å². The number of hydrogen-bond donors (Lipinski definition) is 3. The topological polar surface area (TPSA) is 116 Å². The van der Waals surface area contributed by atoms with E-state index in [2.05, 4.69) is 20.8 Å². The molecule has 9 heteroatoms. The maximum atomic E-state index is 12.3. The molecule has 3 N–H and O–H groups in total. The predicted molar refractivity (Wildman–Crippen MR) is 106 cm³/mol. The first-order chi connectivity index (χ1) is 13.7. The molecule has 1 aromatic carbocycles. The van der Waals surface area contributed by atoms with Gasteiger partial charge in [-0.05, 0) is 32.9 Å². The van der Waals surface area contributed by atoms with E-state index in [0.29, 0.717) is 24.3 Å². The molecule has 2 heterocycles. The van der Waals surface area contributed by atoms with Gasteiger partial charge in [-0.3, -0.25) is 14.7 Å². The maximum Gasteiger partial charge on any atom is 0.410 e. The van der Waals surface area contributed by atoms with Crippen molar-refractivity contribution >= 4 is 23.7 Å². The summed E-state index contributed by atoms with van der Waals surface area (Å²) in [5, 5.41) is 12.3. The quantitative estimate of drug-likeness (QED) is 0.728. The van der Waals surface area contributed by atoms with E-state index in [1.807, 2.05) is 26.8 Å². The molecule has 0 unspecified atom stereocenters. The van der Waals surface area contributed by atoms with Crippen LogP contribution in [0.3, 0.4) is 0 Å². The molecule has 1 aliphatic rings. The van der Waals surface area contributed by atoms with Gasteiger partial charge in [-0.1, -0.05) is 18.2 Å². The van der Waals surface area contributed by atoms with Crippen molar-refractivity contribution in [2.75, 3.05) is 18.4 Å². The zero-order chi connectivity index (χ0) is 21.0. The van der Waals surface area contributed by atoms with Gasteiger partial charge in [0.2, 0.25) is 5.91 Å². The van der Waals surface area contributed by atoms with E-state index in [0.717, 1.165) is 11.3 Å². The average molecular weight is 399 g/mol. The molecule has 0 radical (unpaired) electrons. The largest absolute Gasteiger partial charge is 0.444 e. The standard InChI is InChI=1S/C20H25N5O4/c1-20(2,3)29-19(28)25-10-9-15-14(12-25)17(24-23-15)22-16(26)11-21-18(27)13-7-5-4-6-8-13/h4-8H,9-12H2,1-3H3,(H,21,27)(H2,22,23,24,26). The number of rotatable bonds is 4. The minimum absolute atomic E-state index is 0.189. The van der Waals surface area contributed by atoms with Gasteiger partial charge in [-0.2, -0.15) is 5.10 Å². The molecule has 3 amide bonds. The van der Waals surface area contributed by atoms with E-state index >= 15 is 0 Å². The number of ether oxygens (including phenoxy) is 1. The first kappa shape index (κ1) is 20.4. The first-order valence-electron chi connectivity index (χ1n) is 9.40. The normalized spacial score (nSPS) is 13.4. The Bertz CT molecular complexity index is 901. The highest BCUT2D eigenvalue weighted by Gasteiger charge is 2.29. The van der Waals surface area contributed by atoms with Crippen molar-refractivity contribution in [1.29, 1.82) is 0 Å². The third-order valence-electron chi connectivity index (χ3n) is 4.29. The average Bonchev–Trinajstić information content (AvgIpc) is 3.07. The van der Waals surface area contributed by atoms with Crippen LogP contribution in [0.5, 0.6) is 0 Å². The van der Waals surface area contributed by atoms with Crippen LogP contribution in [0.1, 0.15) is 42.4 Å². The smallest absolute Gasteiger partial charge is 0.410 e. The Morgan fingerprint density at radius 2 is 1.93 bits per heavy atom. The first-order valence-corrected chi connectivity index (χ1v) is 9.40. The van der Waals surface area contributed by atoms with Crippen LogP contribution in [0, 0.1) is 0 Å². The highest BCUT2D eigenvalue weighted by Crippen LogP contribution is 2.25. The van der Waals surface area contributed by atoms with E-state index in [1.54, 1.807) is 29.2 Å². The van der Waals surface area contributed by atoms with Gasteiger partial charge < -0.3 is 20.3 Å². The van der Waals surface area contributed by atoms with E-state index in [1.165, 1.54) is 0 Å². The molecule has 0 fully saturated rings. The fourth-order valence-corrected chi connectivity index (χ4v) is 2.91. The Balaban J connectivity index is 1.58. The fourth-order valence-electron chi connectivity index (χ4n) is 2.91. The lowest BCUT2D eigenvalue weighted by Crippen LogP contribution is -2.40. The molecule has 0 aliphatic carbocycles. The minimum Gasteiger partial charge on any atom is -0.444 e. The summed E-state index contributed by atoms with van der Waals surface area (Å²) in [6.45, 7) is 6.04. The lowest BCUT2D eigenvalue weighted by molar-refractivity contribution is -0.115. The second-order valence-corrected chi connectivity index (χ2v) is 7.78. The summed E-state index contributed by atoms with van der Waals surface area (Å²) >= 11 is 0. The number of aromatic nitrogens is 2. The number of nitrogens with one attached hydrogen (secondary N) is 3. The van der Waals surface area contributed by atoms with Gasteiger partial charge in [0, 0.05) is 29.8 Å². The Hall–Kier alpha value is -3.36. The van der Waals surface area contributed by atoms with Crippen LogP contribution in [0.2, 0.25) is 0 Å².